The molecule has 9 rings (SSSR count). The second-order valence-corrected chi connectivity index (χ2v) is 12.0. The van der Waals surface area contributed by atoms with Crippen LogP contribution in [0.15, 0.2) is 127 Å². The first-order valence-electron chi connectivity index (χ1n) is 16.0. The van der Waals surface area contributed by atoms with Crippen LogP contribution < -0.4 is 0 Å². The number of rotatable bonds is 4. The van der Waals surface area contributed by atoms with E-state index in [-0.39, 0.29) is 0 Å². The van der Waals surface area contributed by atoms with E-state index in [2.05, 4.69) is 94.1 Å². The quantitative estimate of drug-likeness (QED) is 0.194. The van der Waals surface area contributed by atoms with Crippen molar-refractivity contribution in [2.75, 3.05) is 0 Å². The highest BCUT2D eigenvalue weighted by Crippen LogP contribution is 2.41. The SMILES string of the molecule is N#Cc1ccc2c(c1)c1cccc(C#N)c1n2-c1ccc(-c2ccccc2-c2c(C#N)cccc2-n2c3ccc#cc3c3c#cccc32)cc1. The average Bonchev–Trinajstić information content (AvgIpc) is 3.70. The van der Waals surface area contributed by atoms with Crippen molar-refractivity contribution in [3.63, 3.8) is 0 Å². The first-order valence-corrected chi connectivity index (χ1v) is 16.0. The van der Waals surface area contributed by atoms with Gasteiger partial charge in [0.25, 0.3) is 0 Å². The van der Waals surface area contributed by atoms with E-state index < -0.39 is 0 Å². The Balaban J connectivity index is 1.25. The number of hydrogen-bond acceptors (Lipinski definition) is 3. The van der Waals surface area contributed by atoms with Crippen LogP contribution >= 0.6 is 0 Å². The number of para-hydroxylation sites is 1. The zero-order chi connectivity index (χ0) is 33.8. The molecule has 0 amide bonds. The van der Waals surface area contributed by atoms with Gasteiger partial charge in [0.1, 0.15) is 6.07 Å². The largest absolute Gasteiger partial charge is 0.308 e. The van der Waals surface area contributed by atoms with E-state index in [4.69, 9.17) is 0 Å². The van der Waals surface area contributed by atoms with E-state index in [0.29, 0.717) is 16.7 Å². The Morgan fingerprint density at radius 2 is 1.20 bits per heavy atom. The fraction of sp³-hybridized carbons (Fsp3) is 0. The highest BCUT2D eigenvalue weighted by Gasteiger charge is 2.21. The minimum Gasteiger partial charge on any atom is -0.308 e. The lowest BCUT2D eigenvalue weighted by molar-refractivity contribution is 1.17. The molecule has 0 unspecified atom stereocenters. The molecule has 2 heterocycles. The van der Waals surface area contributed by atoms with Crippen LogP contribution in [0.2, 0.25) is 0 Å². The van der Waals surface area contributed by atoms with Gasteiger partial charge >= 0.3 is 0 Å². The van der Waals surface area contributed by atoms with Gasteiger partial charge in [0.2, 0.25) is 0 Å². The highest BCUT2D eigenvalue weighted by atomic mass is 15.0. The maximum atomic E-state index is 10.5. The molecule has 5 heteroatoms. The summed E-state index contributed by atoms with van der Waals surface area (Å²) in [6.45, 7) is 0. The Morgan fingerprint density at radius 3 is 1.90 bits per heavy atom. The Labute approximate surface area is 287 Å². The van der Waals surface area contributed by atoms with Crippen LogP contribution in [-0.4, -0.2) is 9.13 Å². The predicted molar refractivity (Wildman–Crippen MR) is 195 cm³/mol. The summed E-state index contributed by atoms with van der Waals surface area (Å²) in [5, 5.41) is 33.7. The molecule has 0 radical (unpaired) electrons. The van der Waals surface area contributed by atoms with E-state index in [1.54, 1.807) is 0 Å². The Hall–Kier alpha value is -7.75. The molecule has 0 aliphatic heterocycles. The van der Waals surface area contributed by atoms with Gasteiger partial charge in [-0.3, -0.25) is 0 Å². The molecule has 5 nitrogen and oxygen atoms in total. The van der Waals surface area contributed by atoms with Crippen LogP contribution in [-0.2, 0) is 0 Å². The van der Waals surface area contributed by atoms with Crippen molar-refractivity contribution in [2.24, 2.45) is 0 Å². The van der Waals surface area contributed by atoms with Gasteiger partial charge in [-0.05, 0) is 89.5 Å². The fourth-order valence-electron chi connectivity index (χ4n) is 7.25. The third kappa shape index (κ3) is 4.15. The average molecular weight is 632 g/mol. The molecular weight excluding hydrogens is 611 g/mol. The molecule has 0 aliphatic carbocycles. The molecule has 226 valence electrons. The van der Waals surface area contributed by atoms with E-state index in [9.17, 15) is 15.8 Å². The minimum absolute atomic E-state index is 0.559. The summed E-state index contributed by atoms with van der Waals surface area (Å²) in [4.78, 5) is 0. The lowest BCUT2D eigenvalue weighted by Gasteiger charge is -2.18. The van der Waals surface area contributed by atoms with E-state index in [0.717, 1.165) is 77.2 Å². The van der Waals surface area contributed by atoms with Gasteiger partial charge in [-0.15, -0.1) is 0 Å². The van der Waals surface area contributed by atoms with Crippen molar-refractivity contribution in [1.29, 1.82) is 15.8 Å². The number of fused-ring (bicyclic) bond motifs is 6. The monoisotopic (exact) mass is 631 g/mol. The van der Waals surface area contributed by atoms with Crippen molar-refractivity contribution in [3.8, 4) is 51.8 Å². The van der Waals surface area contributed by atoms with Crippen LogP contribution in [0, 0.1) is 58.3 Å². The second kappa shape index (κ2) is 11.2. The summed E-state index contributed by atoms with van der Waals surface area (Å²) >= 11 is 0. The third-order valence-electron chi connectivity index (χ3n) is 9.36. The standard InChI is InChI=1S/C45H21N5/c46-26-29-19-24-42-39(25-29)38-15-7-10-32(28-48)45(38)49(42)33-22-20-30(21-23-33)34-11-1-2-14-37(34)44-31(27-47)9-8-18-43(44)50-40-16-5-3-12-35(40)36-13-4-6-17-41(36)50/h1-2,5-11,14-25H. The zero-order valence-electron chi connectivity index (χ0n) is 26.4. The molecule has 0 saturated carbocycles. The summed E-state index contributed by atoms with van der Waals surface area (Å²) in [6, 6.07) is 61.1. The van der Waals surface area contributed by atoms with Gasteiger partial charge in [0.05, 0.1) is 67.4 Å². The lowest BCUT2D eigenvalue weighted by atomic mass is 9.90. The van der Waals surface area contributed by atoms with Crippen molar-refractivity contribution in [3.05, 3.63) is 168 Å². The van der Waals surface area contributed by atoms with E-state index in [1.165, 1.54) is 0 Å². The van der Waals surface area contributed by atoms with Gasteiger partial charge in [-0.1, -0.05) is 78.9 Å². The number of nitrogens with zero attached hydrogens (tertiary/aromatic N) is 5. The molecule has 0 N–H and O–H groups in total. The zero-order valence-corrected chi connectivity index (χ0v) is 26.4. The van der Waals surface area contributed by atoms with Gasteiger partial charge in [0, 0.05) is 22.0 Å². The van der Waals surface area contributed by atoms with Crippen LogP contribution in [0.5, 0.6) is 0 Å². The lowest BCUT2D eigenvalue weighted by Crippen LogP contribution is -2.00. The maximum absolute atomic E-state index is 10.5. The molecule has 0 spiro atoms. The summed E-state index contributed by atoms with van der Waals surface area (Å²) < 4.78 is 4.26. The third-order valence-corrected chi connectivity index (χ3v) is 9.36. The summed E-state index contributed by atoms with van der Waals surface area (Å²) in [5.41, 5.74) is 10.8. The minimum atomic E-state index is 0.559. The summed E-state index contributed by atoms with van der Waals surface area (Å²) in [7, 11) is 0. The second-order valence-electron chi connectivity index (χ2n) is 12.0. The van der Waals surface area contributed by atoms with Gasteiger partial charge in [-0.2, -0.15) is 15.8 Å². The van der Waals surface area contributed by atoms with Gasteiger partial charge in [0.15, 0.2) is 0 Å². The van der Waals surface area contributed by atoms with Crippen LogP contribution in [0.25, 0.3) is 77.2 Å². The predicted octanol–water partition coefficient (Wildman–Crippen LogP) is 10.0. The van der Waals surface area contributed by atoms with Crippen LogP contribution in [0.3, 0.4) is 0 Å². The van der Waals surface area contributed by atoms with Crippen LogP contribution in [0.1, 0.15) is 16.7 Å². The molecular formula is C45H21N5. The fourth-order valence-corrected chi connectivity index (χ4v) is 7.25. The van der Waals surface area contributed by atoms with Crippen LogP contribution in [0.4, 0.5) is 0 Å². The number of aromatic nitrogens is 2. The van der Waals surface area contributed by atoms with E-state index >= 15 is 0 Å². The molecule has 0 fully saturated rings. The number of hydrogen-bond donors (Lipinski definition) is 0. The first-order chi connectivity index (χ1) is 24.7. The van der Waals surface area contributed by atoms with Gasteiger partial charge < -0.3 is 9.13 Å². The smallest absolute Gasteiger partial charge is 0.101 e. The Bertz CT molecular complexity index is 2900. The molecule has 7 aromatic carbocycles. The Kier molecular flexibility index (Phi) is 6.38. The molecule has 0 atom stereocenters. The summed E-state index contributed by atoms with van der Waals surface area (Å²) in [5.74, 6) is 0. The Morgan fingerprint density at radius 1 is 0.520 bits per heavy atom. The molecule has 9 aromatic rings. The first kappa shape index (κ1) is 28.5. The molecule has 0 bridgehead atoms. The van der Waals surface area contributed by atoms with Crippen molar-refractivity contribution >= 4 is 43.6 Å². The molecule has 0 aliphatic rings. The van der Waals surface area contributed by atoms with Crippen molar-refractivity contribution in [2.45, 2.75) is 0 Å². The normalized spacial score (nSPS) is 10.8. The molecule has 50 heavy (non-hydrogen) atoms. The van der Waals surface area contributed by atoms with Crippen molar-refractivity contribution < 1.29 is 0 Å². The topological polar surface area (TPSA) is 81.2 Å². The van der Waals surface area contributed by atoms with E-state index in [1.807, 2.05) is 84.9 Å². The number of nitriles is 3. The summed E-state index contributed by atoms with van der Waals surface area (Å²) in [6.07, 6.45) is 0. The maximum Gasteiger partial charge on any atom is 0.101 e. The van der Waals surface area contributed by atoms with Crippen molar-refractivity contribution in [1.82, 2.24) is 9.13 Å². The van der Waals surface area contributed by atoms with Gasteiger partial charge in [-0.25, -0.2) is 0 Å². The molecule has 0 saturated heterocycles. The number of benzene rings is 5. The highest BCUT2D eigenvalue weighted by molar-refractivity contribution is 6.11. The molecule has 2 aromatic heterocycles.